The van der Waals surface area contributed by atoms with E-state index >= 15 is 0 Å². The zero-order chi connectivity index (χ0) is 13.5. The molecule has 1 aromatic carbocycles. The van der Waals surface area contributed by atoms with Gasteiger partial charge in [0, 0.05) is 13.1 Å². The van der Waals surface area contributed by atoms with Crippen molar-refractivity contribution in [3.05, 3.63) is 23.2 Å². The molecule has 0 aliphatic rings. The van der Waals surface area contributed by atoms with Crippen LogP contribution in [0.5, 0.6) is 0 Å². The Labute approximate surface area is 112 Å². The van der Waals surface area contributed by atoms with Gasteiger partial charge >= 0.3 is 0 Å². The second-order valence-electron chi connectivity index (χ2n) is 3.69. The number of hydrogen-bond donors (Lipinski definition) is 1. The average Bonchev–Trinajstić information content (AvgIpc) is 2.34. The summed E-state index contributed by atoms with van der Waals surface area (Å²) in [6.07, 6.45) is -0.162. The highest BCUT2D eigenvalue weighted by atomic mass is 35.5. The van der Waals surface area contributed by atoms with Crippen LogP contribution in [0.15, 0.2) is 18.2 Å². The van der Waals surface area contributed by atoms with E-state index in [1.54, 1.807) is 18.2 Å². The lowest BCUT2D eigenvalue weighted by Crippen LogP contribution is -2.24. The van der Waals surface area contributed by atoms with Gasteiger partial charge in [0.05, 0.1) is 22.5 Å². The summed E-state index contributed by atoms with van der Waals surface area (Å²) in [5, 5.41) is 11.8. The highest BCUT2D eigenvalue weighted by Crippen LogP contribution is 2.33. The summed E-state index contributed by atoms with van der Waals surface area (Å²) >= 11 is 6.18. The molecule has 1 amide bonds. The molecule has 1 aromatic rings. The van der Waals surface area contributed by atoms with Gasteiger partial charge in [-0.2, -0.15) is 5.26 Å². The Bertz CT molecular complexity index is 464. The number of anilines is 2. The highest BCUT2D eigenvalue weighted by molar-refractivity contribution is 6.34. The molecule has 0 aliphatic carbocycles. The third-order valence-corrected chi connectivity index (χ3v) is 2.89. The summed E-state index contributed by atoms with van der Waals surface area (Å²) in [5.74, 6) is -0.326. The zero-order valence-electron chi connectivity index (χ0n) is 10.5. The largest absolute Gasteiger partial charge is 0.369 e. The Kier molecular flexibility index (Phi) is 5.47. The van der Waals surface area contributed by atoms with Crippen LogP contribution in [0.2, 0.25) is 5.02 Å². The first-order valence-corrected chi connectivity index (χ1v) is 6.22. The van der Waals surface area contributed by atoms with Crippen molar-refractivity contribution in [2.45, 2.75) is 20.3 Å². The van der Waals surface area contributed by atoms with E-state index in [1.165, 1.54) is 0 Å². The van der Waals surface area contributed by atoms with Gasteiger partial charge in [-0.15, -0.1) is 0 Å². The van der Waals surface area contributed by atoms with Crippen molar-refractivity contribution in [2.24, 2.45) is 0 Å². The van der Waals surface area contributed by atoms with Gasteiger partial charge in [0.25, 0.3) is 0 Å². The van der Waals surface area contributed by atoms with Crippen LogP contribution in [0.3, 0.4) is 0 Å². The van der Waals surface area contributed by atoms with Crippen LogP contribution >= 0.6 is 11.6 Å². The zero-order valence-corrected chi connectivity index (χ0v) is 11.3. The predicted molar refractivity (Wildman–Crippen MR) is 73.9 cm³/mol. The first kappa shape index (κ1) is 14.3. The molecule has 0 fully saturated rings. The number of hydrogen-bond acceptors (Lipinski definition) is 3. The molecule has 1 rings (SSSR count). The van der Waals surface area contributed by atoms with E-state index in [0.717, 1.165) is 18.8 Å². The predicted octanol–water partition coefficient (Wildman–Crippen LogP) is 3.04. The molecule has 0 saturated heterocycles. The van der Waals surface area contributed by atoms with Gasteiger partial charge in [0.1, 0.15) is 6.42 Å². The topological polar surface area (TPSA) is 56.1 Å². The number of carbonyl (C=O) groups is 1. The lowest BCUT2D eigenvalue weighted by atomic mass is 10.2. The standard InChI is InChI=1S/C13H16ClN3O/c1-3-17(4-2)13-10(14)6-5-7-11(13)16-12(18)8-9-15/h5-7H,3-4,8H2,1-2H3,(H,16,18). The van der Waals surface area contributed by atoms with E-state index < -0.39 is 0 Å². The van der Waals surface area contributed by atoms with Gasteiger partial charge < -0.3 is 10.2 Å². The minimum absolute atomic E-state index is 0.162. The van der Waals surface area contributed by atoms with Crippen LogP contribution in [-0.2, 0) is 4.79 Å². The molecule has 0 spiro atoms. The van der Waals surface area contributed by atoms with Gasteiger partial charge in [0.15, 0.2) is 0 Å². The summed E-state index contributed by atoms with van der Waals surface area (Å²) in [6.45, 7) is 5.63. The van der Waals surface area contributed by atoms with Crippen molar-refractivity contribution in [2.75, 3.05) is 23.3 Å². The third-order valence-electron chi connectivity index (χ3n) is 2.58. The number of carbonyl (C=O) groups excluding carboxylic acids is 1. The van der Waals surface area contributed by atoms with Crippen LogP contribution in [0.1, 0.15) is 20.3 Å². The number of amides is 1. The molecule has 0 atom stereocenters. The summed E-state index contributed by atoms with van der Waals surface area (Å²) in [7, 11) is 0. The number of halogens is 1. The van der Waals surface area contributed by atoms with E-state index in [2.05, 4.69) is 10.2 Å². The van der Waals surface area contributed by atoms with Crippen molar-refractivity contribution in [1.29, 1.82) is 5.26 Å². The second kappa shape index (κ2) is 6.87. The molecule has 0 radical (unpaired) electrons. The van der Waals surface area contributed by atoms with Gasteiger partial charge in [0.2, 0.25) is 5.91 Å². The summed E-state index contributed by atoms with van der Waals surface area (Å²) in [4.78, 5) is 13.5. The molecule has 1 N–H and O–H groups in total. The molecular formula is C13H16ClN3O. The van der Waals surface area contributed by atoms with E-state index in [4.69, 9.17) is 16.9 Å². The normalized spacial score (nSPS) is 9.67. The fourth-order valence-corrected chi connectivity index (χ4v) is 2.04. The van der Waals surface area contributed by atoms with Crippen molar-refractivity contribution in [1.82, 2.24) is 0 Å². The summed E-state index contributed by atoms with van der Waals surface area (Å²) in [5.41, 5.74) is 1.45. The quantitative estimate of drug-likeness (QED) is 0.890. The number of nitrogens with zero attached hydrogens (tertiary/aromatic N) is 2. The fraction of sp³-hybridized carbons (Fsp3) is 0.385. The Balaban J connectivity index is 3.08. The molecule has 0 saturated carbocycles. The first-order valence-electron chi connectivity index (χ1n) is 5.84. The maximum Gasteiger partial charge on any atom is 0.238 e. The lowest BCUT2D eigenvalue weighted by molar-refractivity contribution is -0.115. The average molecular weight is 266 g/mol. The van der Waals surface area contributed by atoms with Crippen molar-refractivity contribution in [3.63, 3.8) is 0 Å². The van der Waals surface area contributed by atoms with E-state index in [1.807, 2.05) is 19.9 Å². The highest BCUT2D eigenvalue weighted by Gasteiger charge is 2.14. The fourth-order valence-electron chi connectivity index (χ4n) is 1.74. The SMILES string of the molecule is CCN(CC)c1c(Cl)cccc1NC(=O)CC#N. The molecular weight excluding hydrogens is 250 g/mol. The number of nitriles is 1. The van der Waals surface area contributed by atoms with Crippen LogP contribution in [0.25, 0.3) is 0 Å². The van der Waals surface area contributed by atoms with Crippen molar-refractivity contribution >= 4 is 28.9 Å². The minimum Gasteiger partial charge on any atom is -0.369 e. The molecule has 4 nitrogen and oxygen atoms in total. The number of nitrogens with one attached hydrogen (secondary N) is 1. The molecule has 0 aliphatic heterocycles. The maximum atomic E-state index is 11.5. The lowest BCUT2D eigenvalue weighted by Gasteiger charge is -2.25. The van der Waals surface area contributed by atoms with Crippen LogP contribution in [-0.4, -0.2) is 19.0 Å². The maximum absolute atomic E-state index is 11.5. The number of rotatable bonds is 5. The number of benzene rings is 1. The molecule has 18 heavy (non-hydrogen) atoms. The minimum atomic E-state index is -0.326. The molecule has 0 bridgehead atoms. The Morgan fingerprint density at radius 3 is 2.67 bits per heavy atom. The van der Waals surface area contributed by atoms with E-state index in [9.17, 15) is 4.79 Å². The van der Waals surface area contributed by atoms with Crippen molar-refractivity contribution < 1.29 is 4.79 Å². The Morgan fingerprint density at radius 2 is 2.11 bits per heavy atom. The number of para-hydroxylation sites is 1. The van der Waals surface area contributed by atoms with Crippen LogP contribution in [0.4, 0.5) is 11.4 Å². The first-order chi connectivity index (χ1) is 8.63. The molecule has 0 unspecified atom stereocenters. The Hall–Kier alpha value is -1.73. The molecule has 0 heterocycles. The molecule has 5 heteroatoms. The summed E-state index contributed by atoms with van der Waals surface area (Å²) in [6, 6.07) is 7.17. The Morgan fingerprint density at radius 1 is 1.44 bits per heavy atom. The molecule has 0 aromatic heterocycles. The van der Waals surface area contributed by atoms with Crippen LogP contribution in [0, 0.1) is 11.3 Å². The second-order valence-corrected chi connectivity index (χ2v) is 4.10. The monoisotopic (exact) mass is 265 g/mol. The van der Waals surface area contributed by atoms with E-state index in [0.29, 0.717) is 10.7 Å². The van der Waals surface area contributed by atoms with Crippen LogP contribution < -0.4 is 10.2 Å². The van der Waals surface area contributed by atoms with Crippen molar-refractivity contribution in [3.8, 4) is 6.07 Å². The third kappa shape index (κ3) is 3.38. The summed E-state index contributed by atoms with van der Waals surface area (Å²) < 4.78 is 0. The smallest absolute Gasteiger partial charge is 0.238 e. The van der Waals surface area contributed by atoms with Gasteiger partial charge in [-0.1, -0.05) is 17.7 Å². The van der Waals surface area contributed by atoms with E-state index in [-0.39, 0.29) is 12.3 Å². The van der Waals surface area contributed by atoms with Gasteiger partial charge in [-0.3, -0.25) is 4.79 Å². The van der Waals surface area contributed by atoms with Gasteiger partial charge in [-0.05, 0) is 26.0 Å². The molecule has 96 valence electrons. The van der Waals surface area contributed by atoms with Gasteiger partial charge in [-0.25, -0.2) is 0 Å².